The standard InChI is InChI=1S/C20H22N4O4S2/c1-3-6-23-17(22-7-4-5-8-22)13(12(2)14(10-21)18(23)27)9-15-19(28)24(11-16(25)26)20(29)30-15/h9H,3-8,11H2,1-2H3,(H,25,26)/b15-9-. The molecule has 0 radical (unpaired) electrons. The molecule has 3 rings (SSSR count). The molecule has 2 aliphatic rings. The minimum absolute atomic E-state index is 0.0543. The molecule has 10 heteroatoms. The minimum Gasteiger partial charge on any atom is -0.480 e. The zero-order valence-electron chi connectivity index (χ0n) is 16.8. The van der Waals surface area contributed by atoms with Crippen LogP contribution in [0.3, 0.4) is 0 Å². The maximum atomic E-state index is 13.0. The van der Waals surface area contributed by atoms with Crippen molar-refractivity contribution in [1.82, 2.24) is 9.47 Å². The van der Waals surface area contributed by atoms with Crippen molar-refractivity contribution >= 4 is 52.1 Å². The first kappa shape index (κ1) is 22.1. The largest absolute Gasteiger partial charge is 0.480 e. The zero-order chi connectivity index (χ0) is 22.0. The maximum absolute atomic E-state index is 13.0. The first-order valence-electron chi connectivity index (χ1n) is 9.69. The average Bonchev–Trinajstić information content (AvgIpc) is 3.30. The van der Waals surface area contributed by atoms with E-state index in [0.717, 1.165) is 49.0 Å². The van der Waals surface area contributed by atoms with Crippen LogP contribution in [0.25, 0.3) is 6.08 Å². The highest BCUT2D eigenvalue weighted by Gasteiger charge is 2.34. The summed E-state index contributed by atoms with van der Waals surface area (Å²) in [6.07, 6.45) is 4.37. The number of carboxylic acid groups (broad SMARTS) is 1. The van der Waals surface area contributed by atoms with Gasteiger partial charge < -0.3 is 10.0 Å². The van der Waals surface area contributed by atoms with Crippen molar-refractivity contribution in [2.75, 3.05) is 24.5 Å². The average molecular weight is 447 g/mol. The third-order valence-electron chi connectivity index (χ3n) is 5.14. The Labute approximate surface area is 183 Å². The van der Waals surface area contributed by atoms with E-state index in [0.29, 0.717) is 23.5 Å². The van der Waals surface area contributed by atoms with E-state index in [1.54, 1.807) is 17.6 Å². The number of carbonyl (C=O) groups is 2. The number of hydrogen-bond acceptors (Lipinski definition) is 7. The highest BCUT2D eigenvalue weighted by Crippen LogP contribution is 2.36. The summed E-state index contributed by atoms with van der Waals surface area (Å²) in [5, 5.41) is 18.7. The molecule has 0 spiro atoms. The monoisotopic (exact) mass is 446 g/mol. The van der Waals surface area contributed by atoms with Crippen LogP contribution >= 0.6 is 24.0 Å². The molecule has 0 bridgehead atoms. The van der Waals surface area contributed by atoms with Gasteiger partial charge in [0.2, 0.25) is 0 Å². The molecular formula is C20H22N4O4S2. The van der Waals surface area contributed by atoms with Crippen LogP contribution in [0.5, 0.6) is 0 Å². The summed E-state index contributed by atoms with van der Waals surface area (Å²) in [7, 11) is 0. The van der Waals surface area contributed by atoms with Crippen LogP contribution in [0.4, 0.5) is 5.82 Å². The van der Waals surface area contributed by atoms with Crippen molar-refractivity contribution in [3.63, 3.8) is 0 Å². The Morgan fingerprint density at radius 3 is 2.57 bits per heavy atom. The first-order chi connectivity index (χ1) is 14.3. The predicted molar refractivity (Wildman–Crippen MR) is 119 cm³/mol. The van der Waals surface area contributed by atoms with Gasteiger partial charge in [0.1, 0.15) is 28.3 Å². The zero-order valence-corrected chi connectivity index (χ0v) is 18.4. The Balaban J connectivity index is 2.22. The summed E-state index contributed by atoms with van der Waals surface area (Å²) in [6.45, 7) is 5.20. The summed E-state index contributed by atoms with van der Waals surface area (Å²) >= 11 is 6.22. The quantitative estimate of drug-likeness (QED) is 0.524. The number of nitrogens with zero attached hydrogens (tertiary/aromatic N) is 4. The molecule has 0 saturated carbocycles. The Morgan fingerprint density at radius 2 is 2.00 bits per heavy atom. The summed E-state index contributed by atoms with van der Waals surface area (Å²) in [6, 6.07) is 2.01. The fourth-order valence-corrected chi connectivity index (χ4v) is 4.98. The van der Waals surface area contributed by atoms with E-state index in [2.05, 4.69) is 4.90 Å². The fourth-order valence-electron chi connectivity index (χ4n) is 3.75. The molecule has 1 aromatic rings. The van der Waals surface area contributed by atoms with Crippen LogP contribution in [0.15, 0.2) is 9.70 Å². The molecule has 0 aliphatic carbocycles. The molecule has 0 unspecified atom stereocenters. The van der Waals surface area contributed by atoms with Crippen LogP contribution in [-0.4, -0.2) is 50.4 Å². The van der Waals surface area contributed by atoms with Crippen molar-refractivity contribution < 1.29 is 14.7 Å². The lowest BCUT2D eigenvalue weighted by atomic mass is 10.0. The van der Waals surface area contributed by atoms with Gasteiger partial charge in [0, 0.05) is 25.2 Å². The molecule has 30 heavy (non-hydrogen) atoms. The Bertz CT molecular complexity index is 1050. The van der Waals surface area contributed by atoms with E-state index in [1.807, 2.05) is 13.0 Å². The lowest BCUT2D eigenvalue weighted by Gasteiger charge is -2.26. The van der Waals surface area contributed by atoms with Gasteiger partial charge in [0.25, 0.3) is 11.5 Å². The van der Waals surface area contributed by atoms with Crippen molar-refractivity contribution in [2.45, 2.75) is 39.7 Å². The number of thioether (sulfide) groups is 1. The second-order valence-corrected chi connectivity index (χ2v) is 8.84. The number of carbonyl (C=O) groups excluding carboxylic acids is 1. The fraction of sp³-hybridized carbons (Fsp3) is 0.450. The van der Waals surface area contributed by atoms with Crippen LogP contribution in [0, 0.1) is 18.3 Å². The lowest BCUT2D eigenvalue weighted by molar-refractivity contribution is -0.140. The summed E-state index contributed by atoms with van der Waals surface area (Å²) < 4.78 is 1.80. The van der Waals surface area contributed by atoms with Gasteiger partial charge in [-0.2, -0.15) is 5.26 Å². The van der Waals surface area contributed by atoms with Crippen molar-refractivity contribution in [2.24, 2.45) is 0 Å². The minimum atomic E-state index is -1.15. The Hall–Kier alpha value is -2.64. The Morgan fingerprint density at radius 1 is 1.33 bits per heavy atom. The maximum Gasteiger partial charge on any atom is 0.323 e. The van der Waals surface area contributed by atoms with Crippen LogP contribution in [-0.2, 0) is 16.1 Å². The number of pyridine rings is 1. The third kappa shape index (κ3) is 4.00. The molecule has 0 aromatic carbocycles. The van der Waals surface area contributed by atoms with E-state index < -0.39 is 18.4 Å². The van der Waals surface area contributed by atoms with E-state index in [9.17, 15) is 19.6 Å². The third-order valence-corrected chi connectivity index (χ3v) is 6.52. The molecule has 8 nitrogen and oxygen atoms in total. The Kier molecular flexibility index (Phi) is 6.63. The van der Waals surface area contributed by atoms with Gasteiger partial charge in [-0.15, -0.1) is 0 Å². The normalized spacial score (nSPS) is 17.8. The van der Waals surface area contributed by atoms with Gasteiger partial charge in [0.15, 0.2) is 0 Å². The molecule has 2 saturated heterocycles. The van der Waals surface area contributed by atoms with E-state index in [1.165, 1.54) is 0 Å². The number of amides is 1. The second-order valence-electron chi connectivity index (χ2n) is 7.16. The van der Waals surface area contributed by atoms with E-state index >= 15 is 0 Å². The molecule has 2 aliphatic heterocycles. The van der Waals surface area contributed by atoms with Crippen molar-refractivity contribution in [3.05, 3.63) is 31.9 Å². The number of hydrogen-bond donors (Lipinski definition) is 1. The van der Waals surface area contributed by atoms with Gasteiger partial charge in [0.05, 0.1) is 4.91 Å². The molecular weight excluding hydrogens is 424 g/mol. The molecule has 1 aromatic heterocycles. The van der Waals surface area contributed by atoms with Gasteiger partial charge >= 0.3 is 5.97 Å². The van der Waals surface area contributed by atoms with E-state index in [-0.39, 0.29) is 20.3 Å². The number of aliphatic carboxylic acids is 1. The molecule has 1 N–H and O–H groups in total. The number of aromatic nitrogens is 1. The molecule has 1 amide bonds. The lowest BCUT2D eigenvalue weighted by Crippen LogP contribution is -2.34. The topological polar surface area (TPSA) is 107 Å². The molecule has 158 valence electrons. The van der Waals surface area contributed by atoms with Crippen molar-refractivity contribution in [1.29, 1.82) is 5.26 Å². The van der Waals surface area contributed by atoms with Gasteiger partial charge in [-0.3, -0.25) is 23.9 Å². The van der Waals surface area contributed by atoms with Crippen LogP contribution in [0.2, 0.25) is 0 Å². The SMILES string of the molecule is CCCn1c(N2CCCC2)c(/C=C2\SC(=S)N(CC(=O)O)C2=O)c(C)c(C#N)c1=O. The highest BCUT2D eigenvalue weighted by molar-refractivity contribution is 8.26. The predicted octanol–water partition coefficient (Wildman–Crippen LogP) is 2.32. The van der Waals surface area contributed by atoms with Gasteiger partial charge in [-0.1, -0.05) is 30.9 Å². The summed E-state index contributed by atoms with van der Waals surface area (Å²) in [4.78, 5) is 40.3. The van der Waals surface area contributed by atoms with Gasteiger partial charge in [-0.25, -0.2) is 0 Å². The molecule has 3 heterocycles. The smallest absolute Gasteiger partial charge is 0.323 e. The summed E-state index contributed by atoms with van der Waals surface area (Å²) in [5.74, 6) is -0.921. The van der Waals surface area contributed by atoms with E-state index in [4.69, 9.17) is 17.3 Å². The number of rotatable bonds is 6. The molecule has 0 atom stereocenters. The highest BCUT2D eigenvalue weighted by atomic mass is 32.2. The van der Waals surface area contributed by atoms with Crippen LogP contribution in [0.1, 0.15) is 42.9 Å². The van der Waals surface area contributed by atoms with Gasteiger partial charge in [-0.05, 0) is 37.8 Å². The number of anilines is 1. The van der Waals surface area contributed by atoms with Crippen LogP contribution < -0.4 is 10.5 Å². The number of thiocarbonyl (C=S) groups is 1. The second kappa shape index (κ2) is 9.02. The number of nitriles is 1. The number of carboxylic acids is 1. The molecule has 2 fully saturated rings. The van der Waals surface area contributed by atoms with Crippen molar-refractivity contribution in [3.8, 4) is 6.07 Å². The first-order valence-corrected chi connectivity index (χ1v) is 10.9. The summed E-state index contributed by atoms with van der Waals surface area (Å²) in [5.41, 5.74) is 0.880.